The number of rotatable bonds is 7. The summed E-state index contributed by atoms with van der Waals surface area (Å²) in [4.78, 5) is 14.0. The summed E-state index contributed by atoms with van der Waals surface area (Å²) in [7, 11) is 8.18. The number of likely N-dealkylation sites (N-methyl/N-ethyl adjacent to an activating group) is 2. The van der Waals surface area contributed by atoms with Crippen LogP contribution in [-0.2, 0) is 0 Å². The number of fused-ring (bicyclic) bond motifs is 5. The number of nitrogens with two attached hydrogens (primary N) is 11. The minimum Gasteiger partial charge on any atom is -0.489 e. The molecule has 83 heavy (non-hydrogen) atoms. The van der Waals surface area contributed by atoms with Gasteiger partial charge in [-0.25, -0.2) is 0 Å². The first-order chi connectivity index (χ1) is 39.3. The Morgan fingerprint density at radius 2 is 0.783 bits per heavy atom. The maximum absolute atomic E-state index is 6.16. The molecule has 0 saturated carbocycles. The standard InChI is InChI=1S/C13H19N3OS.C13H21N3OS.C12H19N3OS.C11H17N3OS.C9H13N3OS/c1-8-6-9(14)12-13(11(8)15)18-10(7-17-12)16-4-2-3-5-16;1-4-16(5-2)10-7-17-12-9(14)6-8(3)11(15)13(12)18-10;1-7-4-9(13)11-12(10(7)14)17-8(6-16-11)5-15(2)3;1-6-4-7(12)10-11(9(6)13)16-8(5-15-10)14(2)3;1-4-2-5(10)8-9(7(4)12)14-6(11)3-13-8/h6,10H,2-5,7,14-15H2,1H3;6,10H,4-5,7,14-15H2,1-3H3;4,8H,5-6,13-14H2,1-3H3;4,8H,5,12-13H2,1-3H3;2,6H,3,10-12H2,1H3. The predicted octanol–water partition coefficient (Wildman–Crippen LogP) is 8.41. The van der Waals surface area contributed by atoms with Crippen LogP contribution < -0.4 is 86.8 Å². The average molecular weight is 1240 g/mol. The number of hydrogen-bond donors (Lipinski definition) is 11. The van der Waals surface area contributed by atoms with E-state index in [-0.39, 0.29) is 10.7 Å². The molecule has 0 spiro atoms. The van der Waals surface area contributed by atoms with Gasteiger partial charge in [0.1, 0.15) is 33.0 Å². The molecule has 6 aliphatic rings. The van der Waals surface area contributed by atoms with Gasteiger partial charge in [-0.15, -0.1) is 11.8 Å². The molecule has 456 valence electrons. The molecule has 6 heterocycles. The molecule has 20 nitrogen and oxygen atoms in total. The Balaban J connectivity index is 0.000000150. The van der Waals surface area contributed by atoms with Crippen molar-refractivity contribution < 1.29 is 23.7 Å². The summed E-state index contributed by atoms with van der Waals surface area (Å²) in [5, 5.41) is 1.32. The summed E-state index contributed by atoms with van der Waals surface area (Å²) in [6, 6.07) is 9.34. The molecule has 22 N–H and O–H groups in total. The zero-order valence-electron chi connectivity index (χ0n) is 50.0. The smallest absolute Gasteiger partial charge is 0.158 e. The highest BCUT2D eigenvalue weighted by atomic mass is 32.2. The van der Waals surface area contributed by atoms with Gasteiger partial charge in [0.05, 0.1) is 108 Å². The highest BCUT2D eigenvalue weighted by Gasteiger charge is 2.33. The summed E-state index contributed by atoms with van der Waals surface area (Å²) in [5.41, 5.74) is 78.1. The van der Waals surface area contributed by atoms with Crippen molar-refractivity contribution in [2.24, 2.45) is 5.73 Å². The van der Waals surface area contributed by atoms with E-state index in [1.165, 1.54) is 24.6 Å². The third kappa shape index (κ3) is 15.4. The van der Waals surface area contributed by atoms with Crippen LogP contribution in [-0.4, -0.2) is 140 Å². The lowest BCUT2D eigenvalue weighted by Gasteiger charge is -2.34. The van der Waals surface area contributed by atoms with Crippen molar-refractivity contribution in [3.05, 3.63) is 58.1 Å². The van der Waals surface area contributed by atoms with Gasteiger partial charge in [0, 0.05) is 6.54 Å². The lowest BCUT2D eigenvalue weighted by Crippen LogP contribution is -2.38. The maximum Gasteiger partial charge on any atom is 0.158 e. The number of thioether (sulfide) groups is 5. The zero-order chi connectivity index (χ0) is 60.7. The molecule has 0 radical (unpaired) electrons. The lowest BCUT2D eigenvalue weighted by atomic mass is 10.1. The van der Waals surface area contributed by atoms with Crippen molar-refractivity contribution in [3.8, 4) is 28.7 Å². The lowest BCUT2D eigenvalue weighted by molar-refractivity contribution is 0.193. The number of hydrogen-bond acceptors (Lipinski definition) is 25. The Labute approximate surface area is 512 Å². The van der Waals surface area contributed by atoms with E-state index in [2.05, 4.69) is 47.5 Å². The van der Waals surface area contributed by atoms with E-state index in [0.717, 1.165) is 131 Å². The van der Waals surface area contributed by atoms with Crippen molar-refractivity contribution in [2.45, 2.75) is 113 Å². The van der Waals surface area contributed by atoms with Crippen LogP contribution in [0.15, 0.2) is 54.8 Å². The first kappa shape index (κ1) is 65.2. The quantitative estimate of drug-likeness (QED) is 0.0681. The number of nitrogens with zero attached hydrogens (tertiary/aromatic N) is 4. The van der Waals surface area contributed by atoms with Crippen molar-refractivity contribution in [2.75, 3.05) is 151 Å². The summed E-state index contributed by atoms with van der Waals surface area (Å²) < 4.78 is 28.6. The number of anilines is 10. The van der Waals surface area contributed by atoms with Crippen LogP contribution in [0.5, 0.6) is 28.7 Å². The van der Waals surface area contributed by atoms with Crippen molar-refractivity contribution in [3.63, 3.8) is 0 Å². The van der Waals surface area contributed by atoms with Gasteiger partial charge in [0.2, 0.25) is 0 Å². The van der Waals surface area contributed by atoms with Gasteiger partial charge < -0.3 is 91.7 Å². The number of benzene rings is 5. The maximum atomic E-state index is 6.16. The summed E-state index contributed by atoms with van der Waals surface area (Å²) in [6.45, 7) is 22.6. The normalized spacial score (nSPS) is 20.2. The fourth-order valence-electron chi connectivity index (χ4n) is 9.85. The second-order valence-electron chi connectivity index (χ2n) is 21.6. The van der Waals surface area contributed by atoms with Gasteiger partial charge in [-0.3, -0.25) is 14.7 Å². The molecular weight excluding hydrogens is 1150 g/mol. The molecule has 0 aromatic heterocycles. The fraction of sp³-hybridized carbons (Fsp3) is 0.483. The third-order valence-corrected chi connectivity index (χ3v) is 21.2. The first-order valence-corrected chi connectivity index (χ1v) is 32.2. The van der Waals surface area contributed by atoms with Crippen LogP contribution in [0.25, 0.3) is 0 Å². The molecule has 5 atom stereocenters. The molecule has 0 amide bonds. The van der Waals surface area contributed by atoms with E-state index >= 15 is 0 Å². The third-order valence-electron chi connectivity index (χ3n) is 14.7. The van der Waals surface area contributed by atoms with E-state index in [1.807, 2.05) is 79.0 Å². The van der Waals surface area contributed by atoms with Gasteiger partial charge >= 0.3 is 0 Å². The minimum absolute atomic E-state index is 0.0639. The highest BCUT2D eigenvalue weighted by molar-refractivity contribution is 8.01. The van der Waals surface area contributed by atoms with Gasteiger partial charge in [-0.2, -0.15) is 0 Å². The predicted molar refractivity (Wildman–Crippen MR) is 356 cm³/mol. The Hall–Kier alpha value is -5.35. The van der Waals surface area contributed by atoms with Crippen LogP contribution >= 0.6 is 58.8 Å². The van der Waals surface area contributed by atoms with E-state index in [0.29, 0.717) is 88.9 Å². The molecule has 1 saturated heterocycles. The molecule has 1 fully saturated rings. The molecule has 11 rings (SSSR count). The van der Waals surface area contributed by atoms with Gasteiger partial charge in [0.15, 0.2) is 28.7 Å². The van der Waals surface area contributed by atoms with Crippen LogP contribution in [0.1, 0.15) is 54.5 Å². The molecule has 5 aromatic carbocycles. The SMILES string of the molecule is CCN(CC)C1COc2c(N)cc(C)c(N)c2S1.Cc1cc(N)c2c(c1N)SC(CN(C)C)CO2.Cc1cc(N)c2c(c1N)SC(N(C)C)CO2.Cc1cc(N)c2c(c1N)SC(N)CO2.Cc1cc(N)c2c(c1N)SC(N1CCCC1)CO2. The molecule has 25 heteroatoms. The summed E-state index contributed by atoms with van der Waals surface area (Å²) in [5.74, 6) is 3.71. The van der Waals surface area contributed by atoms with Crippen LogP contribution in [0.3, 0.4) is 0 Å². The zero-order valence-corrected chi connectivity index (χ0v) is 54.1. The van der Waals surface area contributed by atoms with E-state index in [4.69, 9.17) is 86.8 Å². The van der Waals surface area contributed by atoms with Crippen LogP contribution in [0, 0.1) is 34.6 Å². The fourth-order valence-corrected chi connectivity index (χ4v) is 16.2. The molecule has 0 aliphatic carbocycles. The molecular formula is C58H89N15O5S5. The van der Waals surface area contributed by atoms with E-state index in [1.54, 1.807) is 47.0 Å². The molecule has 6 aliphatic heterocycles. The summed E-state index contributed by atoms with van der Waals surface area (Å²) in [6.07, 6.45) is 2.57. The Bertz CT molecular complexity index is 3020. The number of ether oxygens (including phenoxy) is 5. The van der Waals surface area contributed by atoms with Gasteiger partial charge in [0.25, 0.3) is 0 Å². The largest absolute Gasteiger partial charge is 0.489 e. The minimum atomic E-state index is -0.0639. The second-order valence-corrected chi connectivity index (χ2v) is 27.8. The second kappa shape index (κ2) is 28.7. The van der Waals surface area contributed by atoms with Gasteiger partial charge in [-0.05, 0) is 160 Å². The van der Waals surface area contributed by atoms with Gasteiger partial charge in [-0.1, -0.05) is 60.9 Å². The Kier molecular flexibility index (Phi) is 22.5. The molecule has 0 bridgehead atoms. The van der Waals surface area contributed by atoms with Crippen molar-refractivity contribution in [1.82, 2.24) is 19.6 Å². The average Bonchev–Trinajstić information content (AvgIpc) is 4.07. The highest BCUT2D eigenvalue weighted by Crippen LogP contribution is 2.51. The Morgan fingerprint density at radius 3 is 1.18 bits per heavy atom. The monoisotopic (exact) mass is 1240 g/mol. The summed E-state index contributed by atoms with van der Waals surface area (Å²) >= 11 is 8.57. The van der Waals surface area contributed by atoms with Crippen LogP contribution in [0.4, 0.5) is 56.9 Å². The Morgan fingerprint density at radius 1 is 0.446 bits per heavy atom. The van der Waals surface area contributed by atoms with E-state index in [9.17, 15) is 0 Å². The van der Waals surface area contributed by atoms with Crippen molar-refractivity contribution >= 4 is 116 Å². The number of nitrogen functional groups attached to an aromatic ring is 10. The van der Waals surface area contributed by atoms with Crippen molar-refractivity contribution in [1.29, 1.82) is 0 Å². The number of likely N-dealkylation sites (tertiary alicyclic amines) is 1. The molecule has 5 aromatic rings. The van der Waals surface area contributed by atoms with E-state index < -0.39 is 0 Å². The first-order valence-electron chi connectivity index (χ1n) is 27.8. The van der Waals surface area contributed by atoms with Crippen LogP contribution in [0.2, 0.25) is 0 Å². The topological polar surface area (TPSA) is 345 Å². The number of aryl methyl sites for hydroxylation is 5. The molecule has 5 unspecified atom stereocenters.